The first kappa shape index (κ1) is 18.7. The smallest absolute Gasteiger partial charge is 0.310 e. The van der Waals surface area contributed by atoms with Gasteiger partial charge in [0.05, 0.1) is 17.7 Å². The lowest BCUT2D eigenvalue weighted by molar-refractivity contribution is -0.385. The van der Waals surface area contributed by atoms with E-state index < -0.39 is 17.4 Å². The van der Waals surface area contributed by atoms with E-state index in [-0.39, 0.29) is 17.2 Å². The van der Waals surface area contributed by atoms with Crippen LogP contribution in [0.4, 0.5) is 5.69 Å². The van der Waals surface area contributed by atoms with Crippen molar-refractivity contribution in [2.75, 3.05) is 13.2 Å². The Bertz CT molecular complexity index is 822. The topological polar surface area (TPSA) is 123 Å². The van der Waals surface area contributed by atoms with Crippen LogP contribution in [0.25, 0.3) is 0 Å². The van der Waals surface area contributed by atoms with Crippen molar-refractivity contribution in [3.63, 3.8) is 0 Å². The molecule has 26 heavy (non-hydrogen) atoms. The number of hydrazone groups is 1. The zero-order valence-corrected chi connectivity index (χ0v) is 13.9. The molecule has 136 valence electrons. The van der Waals surface area contributed by atoms with E-state index >= 15 is 0 Å². The number of aromatic hydroxyl groups is 1. The summed E-state index contributed by atoms with van der Waals surface area (Å²) in [7, 11) is 0. The quantitative estimate of drug-likeness (QED) is 0.423. The minimum absolute atomic E-state index is 0.00322. The molecule has 0 radical (unpaired) electrons. The number of phenols is 1. The number of hydrogen-bond acceptors (Lipinski definition) is 7. The number of ether oxygens (including phenoxy) is 2. The minimum Gasteiger partial charge on any atom is -0.504 e. The summed E-state index contributed by atoms with van der Waals surface area (Å²) in [5.41, 5.74) is 2.63. The Labute approximate surface area is 149 Å². The molecule has 0 bridgehead atoms. The van der Waals surface area contributed by atoms with Gasteiger partial charge in [0.15, 0.2) is 23.9 Å². The third-order valence-electron chi connectivity index (χ3n) is 3.11. The van der Waals surface area contributed by atoms with Gasteiger partial charge in [0.1, 0.15) is 0 Å². The molecule has 0 aliphatic carbocycles. The largest absolute Gasteiger partial charge is 0.504 e. The molecule has 0 atom stereocenters. The molecule has 9 heteroatoms. The van der Waals surface area contributed by atoms with Gasteiger partial charge in [-0.2, -0.15) is 5.10 Å². The molecular weight excluding hydrogens is 342 g/mol. The van der Waals surface area contributed by atoms with Crippen LogP contribution in [0.15, 0.2) is 47.6 Å². The molecule has 0 fully saturated rings. The SMILES string of the molecule is CCOc1cc(/C=N/NC(=O)COc2ccccc2[N+](=O)[O-])ccc1O. The summed E-state index contributed by atoms with van der Waals surface area (Å²) in [6.07, 6.45) is 1.37. The summed E-state index contributed by atoms with van der Waals surface area (Å²) in [4.78, 5) is 22.0. The molecule has 2 rings (SSSR count). The number of rotatable bonds is 8. The van der Waals surface area contributed by atoms with Gasteiger partial charge in [-0.1, -0.05) is 12.1 Å². The normalized spacial score (nSPS) is 10.5. The molecule has 9 nitrogen and oxygen atoms in total. The molecule has 1 amide bonds. The van der Waals surface area contributed by atoms with E-state index in [9.17, 15) is 20.0 Å². The fourth-order valence-electron chi connectivity index (χ4n) is 1.97. The van der Waals surface area contributed by atoms with E-state index in [1.54, 1.807) is 25.1 Å². The van der Waals surface area contributed by atoms with Crippen LogP contribution in [-0.4, -0.2) is 35.4 Å². The van der Waals surface area contributed by atoms with Crippen LogP contribution < -0.4 is 14.9 Å². The molecule has 2 aromatic carbocycles. The van der Waals surface area contributed by atoms with Gasteiger partial charge in [-0.05, 0) is 36.8 Å². The van der Waals surface area contributed by atoms with Crippen molar-refractivity contribution in [1.82, 2.24) is 5.43 Å². The fraction of sp³-hybridized carbons (Fsp3) is 0.176. The average molecular weight is 359 g/mol. The van der Waals surface area contributed by atoms with Gasteiger partial charge in [-0.25, -0.2) is 5.43 Å². The lowest BCUT2D eigenvalue weighted by atomic mass is 10.2. The molecule has 0 aromatic heterocycles. The number of para-hydroxylation sites is 2. The number of nitro groups is 1. The number of nitro benzene ring substituents is 1. The third kappa shape index (κ3) is 5.20. The number of benzene rings is 2. The van der Waals surface area contributed by atoms with Crippen LogP contribution >= 0.6 is 0 Å². The van der Waals surface area contributed by atoms with Crippen LogP contribution in [0.3, 0.4) is 0 Å². The number of nitrogens with zero attached hydrogens (tertiary/aromatic N) is 2. The van der Waals surface area contributed by atoms with Gasteiger partial charge in [-0.15, -0.1) is 0 Å². The van der Waals surface area contributed by atoms with Crippen LogP contribution in [0.1, 0.15) is 12.5 Å². The number of carbonyl (C=O) groups is 1. The van der Waals surface area contributed by atoms with E-state index in [4.69, 9.17) is 9.47 Å². The summed E-state index contributed by atoms with van der Waals surface area (Å²) in [5.74, 6) is -0.270. The lowest BCUT2D eigenvalue weighted by Gasteiger charge is -2.06. The Morgan fingerprint density at radius 2 is 2.04 bits per heavy atom. The van der Waals surface area contributed by atoms with E-state index in [2.05, 4.69) is 10.5 Å². The van der Waals surface area contributed by atoms with E-state index in [1.807, 2.05) is 0 Å². The molecule has 0 aliphatic heterocycles. The van der Waals surface area contributed by atoms with Gasteiger partial charge in [-0.3, -0.25) is 14.9 Å². The van der Waals surface area contributed by atoms with E-state index in [1.165, 1.54) is 30.5 Å². The van der Waals surface area contributed by atoms with Crippen LogP contribution in [0.5, 0.6) is 17.2 Å². The molecule has 0 aliphatic rings. The monoisotopic (exact) mass is 359 g/mol. The number of amides is 1. The Morgan fingerprint density at radius 3 is 2.77 bits per heavy atom. The molecule has 0 spiro atoms. The van der Waals surface area contributed by atoms with Crippen molar-refractivity contribution in [1.29, 1.82) is 0 Å². The maximum absolute atomic E-state index is 11.7. The maximum Gasteiger partial charge on any atom is 0.310 e. The Hall–Kier alpha value is -3.62. The van der Waals surface area contributed by atoms with Crippen molar-refractivity contribution in [2.45, 2.75) is 6.92 Å². The second-order valence-corrected chi connectivity index (χ2v) is 4.97. The van der Waals surface area contributed by atoms with E-state index in [0.717, 1.165) is 0 Å². The van der Waals surface area contributed by atoms with E-state index in [0.29, 0.717) is 17.9 Å². The van der Waals surface area contributed by atoms with Gasteiger partial charge in [0.2, 0.25) is 0 Å². The first-order valence-electron chi connectivity index (χ1n) is 7.65. The van der Waals surface area contributed by atoms with Crippen molar-refractivity contribution in [2.24, 2.45) is 5.10 Å². The molecular formula is C17H17N3O6. The summed E-state index contributed by atoms with van der Waals surface area (Å²) in [6, 6.07) is 10.4. The first-order chi connectivity index (χ1) is 12.5. The summed E-state index contributed by atoms with van der Waals surface area (Å²) in [5, 5.41) is 24.2. The summed E-state index contributed by atoms with van der Waals surface area (Å²) in [6.45, 7) is 1.76. The first-order valence-corrected chi connectivity index (χ1v) is 7.65. The molecule has 0 saturated heterocycles. The second kappa shape index (κ2) is 9.02. The number of nitrogens with one attached hydrogen (secondary N) is 1. The molecule has 2 N–H and O–H groups in total. The van der Waals surface area contributed by atoms with Crippen molar-refractivity contribution < 1.29 is 24.3 Å². The molecule has 2 aromatic rings. The predicted octanol–water partition coefficient (Wildman–Crippen LogP) is 2.23. The predicted molar refractivity (Wildman–Crippen MR) is 93.6 cm³/mol. The average Bonchev–Trinajstić information content (AvgIpc) is 2.63. The lowest BCUT2D eigenvalue weighted by Crippen LogP contribution is -2.24. The van der Waals surface area contributed by atoms with Gasteiger partial charge in [0, 0.05) is 6.07 Å². The fourth-order valence-corrected chi connectivity index (χ4v) is 1.97. The van der Waals surface area contributed by atoms with Gasteiger partial charge >= 0.3 is 5.69 Å². The standard InChI is InChI=1S/C17H17N3O6/c1-2-25-16-9-12(7-8-14(16)21)10-18-19-17(22)11-26-15-6-4-3-5-13(15)20(23)24/h3-10,21H,2,11H2,1H3,(H,19,22)/b18-10+. The second-order valence-electron chi connectivity index (χ2n) is 4.97. The van der Waals surface area contributed by atoms with Crippen LogP contribution in [0.2, 0.25) is 0 Å². The molecule has 0 unspecified atom stereocenters. The van der Waals surface area contributed by atoms with Gasteiger partial charge < -0.3 is 14.6 Å². The number of phenolic OH excluding ortho intramolecular Hbond substituents is 1. The Kier molecular flexibility index (Phi) is 6.49. The number of hydrogen-bond donors (Lipinski definition) is 2. The van der Waals surface area contributed by atoms with Crippen LogP contribution in [0, 0.1) is 10.1 Å². The Morgan fingerprint density at radius 1 is 1.27 bits per heavy atom. The zero-order chi connectivity index (χ0) is 18.9. The van der Waals surface area contributed by atoms with Gasteiger partial charge in [0.25, 0.3) is 5.91 Å². The molecule has 0 heterocycles. The summed E-state index contributed by atoms with van der Waals surface area (Å²) < 4.78 is 10.4. The minimum atomic E-state index is -0.591. The zero-order valence-electron chi connectivity index (χ0n) is 13.9. The van der Waals surface area contributed by atoms with Crippen molar-refractivity contribution in [3.8, 4) is 17.2 Å². The highest BCUT2D eigenvalue weighted by molar-refractivity contribution is 5.83. The number of carbonyl (C=O) groups excluding carboxylic acids is 1. The Balaban J connectivity index is 1.90. The highest BCUT2D eigenvalue weighted by Gasteiger charge is 2.14. The summed E-state index contributed by atoms with van der Waals surface area (Å²) >= 11 is 0. The van der Waals surface area contributed by atoms with Crippen LogP contribution in [-0.2, 0) is 4.79 Å². The maximum atomic E-state index is 11.7. The highest BCUT2D eigenvalue weighted by atomic mass is 16.6. The van der Waals surface area contributed by atoms with Crippen molar-refractivity contribution in [3.05, 3.63) is 58.1 Å². The highest BCUT2D eigenvalue weighted by Crippen LogP contribution is 2.26. The molecule has 0 saturated carbocycles. The third-order valence-corrected chi connectivity index (χ3v) is 3.11. The van der Waals surface area contributed by atoms with Crippen molar-refractivity contribution >= 4 is 17.8 Å².